The van der Waals surface area contributed by atoms with Crippen LogP contribution in [0, 0.1) is 0 Å². The molecule has 1 unspecified atom stereocenters. The van der Waals surface area contributed by atoms with Crippen molar-refractivity contribution in [1.29, 1.82) is 0 Å². The fourth-order valence-electron chi connectivity index (χ4n) is 3.52. The summed E-state index contributed by atoms with van der Waals surface area (Å²) in [5, 5.41) is 13.8. The third-order valence-corrected chi connectivity index (χ3v) is 5.71. The average molecular weight is 385 g/mol. The van der Waals surface area contributed by atoms with Crippen molar-refractivity contribution < 1.29 is 8.42 Å². The maximum atomic E-state index is 12.3. The Bertz CT molecular complexity index is 1020. The Labute approximate surface area is 156 Å². The first-order valence-corrected chi connectivity index (χ1v) is 10.5. The number of nitrogens with one attached hydrogen (secondary N) is 1. The summed E-state index contributed by atoms with van der Waals surface area (Å²) in [6.07, 6.45) is 6.47. The molecule has 0 radical (unpaired) electrons. The Balaban J connectivity index is 1.77. The van der Waals surface area contributed by atoms with Gasteiger partial charge in [0.05, 0.1) is 11.3 Å². The van der Waals surface area contributed by atoms with E-state index < -0.39 is 9.84 Å². The highest BCUT2D eigenvalue weighted by Gasteiger charge is 2.28. The molecule has 4 rings (SSSR count). The zero-order chi connectivity index (χ0) is 18.9. The third-order valence-electron chi connectivity index (χ3n) is 4.70. The van der Waals surface area contributed by atoms with Crippen molar-refractivity contribution in [3.8, 4) is 11.4 Å². The summed E-state index contributed by atoms with van der Waals surface area (Å²) in [5.41, 5.74) is 2.21. The number of tetrazole rings is 1. The van der Waals surface area contributed by atoms with Crippen LogP contribution in [0.5, 0.6) is 0 Å². The number of aromatic nitrogens is 6. The zero-order valence-electron chi connectivity index (χ0n) is 14.8. The number of H-pyrrole nitrogens is 1. The van der Waals surface area contributed by atoms with E-state index in [1.807, 2.05) is 24.3 Å². The molecule has 140 valence electrons. The number of sulfone groups is 1. The molecule has 3 aromatic heterocycles. The Morgan fingerprint density at radius 3 is 2.78 bits per heavy atom. The molecule has 0 aromatic carbocycles. The highest BCUT2D eigenvalue weighted by molar-refractivity contribution is 7.90. The topological polar surface area (TPSA) is 118 Å². The van der Waals surface area contributed by atoms with Crippen LogP contribution in [-0.2, 0) is 9.84 Å². The number of hydrogen-bond donors (Lipinski definition) is 1. The van der Waals surface area contributed by atoms with Gasteiger partial charge < -0.3 is 4.90 Å². The number of piperidine rings is 1. The van der Waals surface area contributed by atoms with E-state index in [1.165, 1.54) is 6.20 Å². The van der Waals surface area contributed by atoms with Crippen LogP contribution < -0.4 is 4.90 Å². The minimum absolute atomic E-state index is 0.0292. The van der Waals surface area contributed by atoms with Crippen LogP contribution in [0.4, 0.5) is 5.69 Å². The maximum absolute atomic E-state index is 12.3. The minimum atomic E-state index is -3.55. The largest absolute Gasteiger partial charge is 0.370 e. The van der Waals surface area contributed by atoms with Gasteiger partial charge in [0.1, 0.15) is 0 Å². The summed E-state index contributed by atoms with van der Waals surface area (Å²) in [5.74, 6) is 0.564. The van der Waals surface area contributed by atoms with Gasteiger partial charge in [-0.15, -0.1) is 5.10 Å². The normalized spacial score (nSPS) is 17.8. The second kappa shape index (κ2) is 7.03. The van der Waals surface area contributed by atoms with E-state index in [4.69, 9.17) is 0 Å². The molecule has 0 bridgehead atoms. The zero-order valence-corrected chi connectivity index (χ0v) is 15.6. The first-order valence-electron chi connectivity index (χ1n) is 8.63. The number of hydrogen-bond acceptors (Lipinski definition) is 8. The molecule has 1 N–H and O–H groups in total. The smallest absolute Gasteiger partial charge is 0.193 e. The van der Waals surface area contributed by atoms with E-state index in [0.717, 1.165) is 43.6 Å². The van der Waals surface area contributed by atoms with Crippen molar-refractivity contribution in [3.63, 3.8) is 0 Å². The first-order chi connectivity index (χ1) is 13.0. The van der Waals surface area contributed by atoms with E-state index in [9.17, 15) is 8.42 Å². The summed E-state index contributed by atoms with van der Waals surface area (Å²) < 4.78 is 24.6. The van der Waals surface area contributed by atoms with Crippen LogP contribution in [-0.4, -0.2) is 58.4 Å². The van der Waals surface area contributed by atoms with Gasteiger partial charge in [0, 0.05) is 43.4 Å². The Morgan fingerprint density at radius 2 is 2.07 bits per heavy atom. The van der Waals surface area contributed by atoms with Gasteiger partial charge in [0.15, 0.2) is 20.7 Å². The molecule has 1 aliphatic heterocycles. The number of aromatic amines is 1. The quantitative estimate of drug-likeness (QED) is 0.717. The number of rotatable bonds is 4. The number of nitrogens with zero attached hydrogens (tertiary/aromatic N) is 6. The Hall–Kier alpha value is -2.88. The summed E-state index contributed by atoms with van der Waals surface area (Å²) in [6, 6.07) is 7.73. The van der Waals surface area contributed by atoms with Crippen LogP contribution in [0.25, 0.3) is 11.4 Å². The predicted molar refractivity (Wildman–Crippen MR) is 98.9 cm³/mol. The SMILES string of the molecule is CS(=O)(=O)c1nccc(N2CCCC(c3ccccn3)C2)c1-c1nnn[nH]1. The maximum Gasteiger partial charge on any atom is 0.193 e. The molecule has 1 aliphatic rings. The second-order valence-electron chi connectivity index (χ2n) is 6.57. The fraction of sp³-hybridized carbons (Fsp3) is 0.353. The van der Waals surface area contributed by atoms with Crippen molar-refractivity contribution >= 4 is 15.5 Å². The molecule has 0 aliphatic carbocycles. The summed E-state index contributed by atoms with van der Waals surface area (Å²) in [4.78, 5) is 10.7. The minimum Gasteiger partial charge on any atom is -0.370 e. The highest BCUT2D eigenvalue weighted by Crippen LogP contribution is 2.36. The van der Waals surface area contributed by atoms with E-state index in [2.05, 4.69) is 35.5 Å². The van der Waals surface area contributed by atoms with Crippen LogP contribution >= 0.6 is 0 Å². The second-order valence-corrected chi connectivity index (χ2v) is 8.50. The molecule has 0 spiro atoms. The molecule has 0 amide bonds. The lowest BCUT2D eigenvalue weighted by Gasteiger charge is -2.35. The van der Waals surface area contributed by atoms with E-state index in [1.54, 1.807) is 6.20 Å². The molecule has 0 saturated carbocycles. The van der Waals surface area contributed by atoms with Gasteiger partial charge in [-0.3, -0.25) is 4.98 Å². The molecule has 27 heavy (non-hydrogen) atoms. The lowest BCUT2D eigenvalue weighted by molar-refractivity contribution is 0.501. The highest BCUT2D eigenvalue weighted by atomic mass is 32.2. The number of pyridine rings is 2. The van der Waals surface area contributed by atoms with Gasteiger partial charge in [-0.05, 0) is 41.5 Å². The summed E-state index contributed by atoms with van der Waals surface area (Å²) in [7, 11) is -3.55. The average Bonchev–Trinajstić information content (AvgIpc) is 3.22. The van der Waals surface area contributed by atoms with E-state index in [0.29, 0.717) is 11.4 Å². The van der Waals surface area contributed by atoms with Crippen LogP contribution in [0.3, 0.4) is 0 Å². The molecule has 10 heteroatoms. The van der Waals surface area contributed by atoms with Gasteiger partial charge in [-0.1, -0.05) is 6.07 Å². The van der Waals surface area contributed by atoms with Crippen molar-refractivity contribution in [2.45, 2.75) is 23.8 Å². The number of anilines is 1. The Morgan fingerprint density at radius 1 is 1.19 bits per heavy atom. The van der Waals surface area contributed by atoms with Crippen molar-refractivity contribution in [2.75, 3.05) is 24.2 Å². The van der Waals surface area contributed by atoms with Gasteiger partial charge in [0.25, 0.3) is 0 Å². The molecule has 1 fully saturated rings. The van der Waals surface area contributed by atoms with E-state index in [-0.39, 0.29) is 10.9 Å². The van der Waals surface area contributed by atoms with Crippen LogP contribution in [0.15, 0.2) is 41.7 Å². The lowest BCUT2D eigenvalue weighted by Crippen LogP contribution is -2.35. The molecular weight excluding hydrogens is 366 g/mol. The van der Waals surface area contributed by atoms with Crippen molar-refractivity contribution in [1.82, 2.24) is 30.6 Å². The molecule has 1 saturated heterocycles. The molecule has 1 atom stereocenters. The Kier molecular flexibility index (Phi) is 4.56. The van der Waals surface area contributed by atoms with Crippen LogP contribution in [0.1, 0.15) is 24.5 Å². The lowest BCUT2D eigenvalue weighted by atomic mass is 9.93. The third kappa shape index (κ3) is 3.52. The predicted octanol–water partition coefficient (Wildman–Crippen LogP) is 1.44. The van der Waals surface area contributed by atoms with Crippen molar-refractivity contribution in [3.05, 3.63) is 42.4 Å². The molecule has 3 aromatic rings. The van der Waals surface area contributed by atoms with Gasteiger partial charge in [-0.25, -0.2) is 18.5 Å². The molecular formula is C17H19N7O2S. The summed E-state index contributed by atoms with van der Waals surface area (Å²) >= 11 is 0. The fourth-order valence-corrected chi connectivity index (χ4v) is 4.34. The first kappa shape index (κ1) is 17.5. The van der Waals surface area contributed by atoms with Gasteiger partial charge >= 0.3 is 0 Å². The standard InChI is InChI=1S/C17H19N7O2S/c1-27(25,26)17-15(16-20-22-23-21-16)14(7-9-19-17)24-10-4-5-12(11-24)13-6-2-3-8-18-13/h2-3,6-9,12H,4-5,10-11H2,1H3,(H,20,21,22,23). The van der Waals surface area contributed by atoms with Gasteiger partial charge in [0.2, 0.25) is 0 Å². The van der Waals surface area contributed by atoms with Gasteiger partial charge in [-0.2, -0.15) is 0 Å². The monoisotopic (exact) mass is 385 g/mol. The van der Waals surface area contributed by atoms with E-state index >= 15 is 0 Å². The molecule has 9 nitrogen and oxygen atoms in total. The van der Waals surface area contributed by atoms with Crippen molar-refractivity contribution in [2.24, 2.45) is 0 Å². The van der Waals surface area contributed by atoms with Crippen LogP contribution in [0.2, 0.25) is 0 Å². The summed E-state index contributed by atoms with van der Waals surface area (Å²) in [6.45, 7) is 1.55. The molecule has 4 heterocycles.